The monoisotopic (exact) mass is 605 g/mol. The zero-order chi connectivity index (χ0) is 29.8. The average molecular weight is 606 g/mol. The number of ether oxygens (including phenoxy) is 3. The third-order valence-corrected chi connectivity index (χ3v) is 9.59. The van der Waals surface area contributed by atoms with Crippen molar-refractivity contribution in [1.29, 1.82) is 0 Å². The molecule has 3 aromatic carbocycles. The summed E-state index contributed by atoms with van der Waals surface area (Å²) in [6, 6.07) is 21.9. The minimum Gasteiger partial charge on any atom is -0.464 e. The van der Waals surface area contributed by atoms with Crippen molar-refractivity contribution < 1.29 is 31.8 Å². The van der Waals surface area contributed by atoms with E-state index in [4.69, 9.17) is 18.6 Å². The molecule has 0 saturated carbocycles. The number of nitrogens with zero attached hydrogens (tertiary/aromatic N) is 3. The number of carbonyl (C=O) groups excluding carboxylic acids is 1. The lowest BCUT2D eigenvalue weighted by molar-refractivity contribution is -0.133. The number of carbonyl (C=O) groups is 1. The van der Waals surface area contributed by atoms with Crippen LogP contribution in [0.3, 0.4) is 0 Å². The SMILES string of the molecule is Cc1ccc(CN(Cc2ccc3c(c2)OCO3)C(=O)CN(CCN2CCOCC2)S(=O)(=O)c2ccc3ccccc3c2)o1. The number of benzene rings is 3. The van der Waals surface area contributed by atoms with Gasteiger partial charge >= 0.3 is 0 Å². The van der Waals surface area contributed by atoms with Gasteiger partial charge in [-0.3, -0.25) is 9.69 Å². The molecule has 2 aliphatic heterocycles. The molecular weight excluding hydrogens is 570 g/mol. The van der Waals surface area contributed by atoms with Crippen molar-refractivity contribution >= 4 is 26.7 Å². The van der Waals surface area contributed by atoms with Crippen LogP contribution in [0.2, 0.25) is 0 Å². The van der Waals surface area contributed by atoms with Crippen molar-refractivity contribution in [2.45, 2.75) is 24.9 Å². The Balaban J connectivity index is 1.28. The van der Waals surface area contributed by atoms with Gasteiger partial charge in [0.15, 0.2) is 11.5 Å². The molecule has 0 N–H and O–H groups in total. The second-order valence-electron chi connectivity index (χ2n) is 10.8. The van der Waals surface area contributed by atoms with E-state index in [0.717, 1.165) is 22.1 Å². The molecule has 1 amide bonds. The first-order chi connectivity index (χ1) is 20.8. The third-order valence-electron chi connectivity index (χ3n) is 7.75. The maximum Gasteiger partial charge on any atom is 0.243 e. The molecule has 0 bridgehead atoms. The van der Waals surface area contributed by atoms with Crippen LogP contribution in [-0.4, -0.2) is 81.2 Å². The number of hydrogen-bond donors (Lipinski definition) is 0. The summed E-state index contributed by atoms with van der Waals surface area (Å²) < 4.78 is 51.8. The van der Waals surface area contributed by atoms with Crippen LogP contribution >= 0.6 is 0 Å². The Morgan fingerprint density at radius 3 is 2.47 bits per heavy atom. The minimum absolute atomic E-state index is 0.151. The van der Waals surface area contributed by atoms with Crippen LogP contribution in [0.4, 0.5) is 0 Å². The highest BCUT2D eigenvalue weighted by Gasteiger charge is 2.30. The number of morpholine rings is 1. The summed E-state index contributed by atoms with van der Waals surface area (Å²) in [5, 5.41) is 1.77. The molecule has 1 fully saturated rings. The predicted molar refractivity (Wildman–Crippen MR) is 160 cm³/mol. The zero-order valence-electron chi connectivity index (χ0n) is 24.1. The Kier molecular flexibility index (Phi) is 8.66. The number of rotatable bonds is 11. The van der Waals surface area contributed by atoms with Gasteiger partial charge in [0, 0.05) is 32.7 Å². The lowest BCUT2D eigenvalue weighted by atomic mass is 10.1. The first-order valence-electron chi connectivity index (χ1n) is 14.4. The summed E-state index contributed by atoms with van der Waals surface area (Å²) in [5.74, 6) is 2.28. The summed E-state index contributed by atoms with van der Waals surface area (Å²) in [5.41, 5.74) is 0.832. The van der Waals surface area contributed by atoms with Gasteiger partial charge in [0.2, 0.25) is 22.7 Å². The maximum atomic E-state index is 14.1. The lowest BCUT2D eigenvalue weighted by Gasteiger charge is -2.31. The van der Waals surface area contributed by atoms with E-state index in [0.29, 0.717) is 50.1 Å². The molecule has 1 saturated heterocycles. The average Bonchev–Trinajstić information content (AvgIpc) is 3.67. The summed E-state index contributed by atoms with van der Waals surface area (Å²) in [7, 11) is -4.00. The van der Waals surface area contributed by atoms with Crippen molar-refractivity contribution in [2.24, 2.45) is 0 Å². The van der Waals surface area contributed by atoms with Gasteiger partial charge in [-0.2, -0.15) is 4.31 Å². The van der Waals surface area contributed by atoms with Gasteiger partial charge in [0.05, 0.1) is 31.2 Å². The molecule has 0 atom stereocenters. The van der Waals surface area contributed by atoms with Crippen molar-refractivity contribution in [3.8, 4) is 11.5 Å². The van der Waals surface area contributed by atoms with E-state index >= 15 is 0 Å². The Morgan fingerprint density at radius 1 is 0.884 bits per heavy atom. The van der Waals surface area contributed by atoms with Gasteiger partial charge in [-0.1, -0.05) is 36.4 Å². The van der Waals surface area contributed by atoms with Crippen LogP contribution in [0.15, 0.2) is 82.1 Å². The molecule has 4 aromatic rings. The maximum absolute atomic E-state index is 14.1. The number of fused-ring (bicyclic) bond motifs is 2. The molecule has 0 aliphatic carbocycles. The minimum atomic E-state index is -4.00. The molecule has 226 valence electrons. The fourth-order valence-electron chi connectivity index (χ4n) is 5.34. The van der Waals surface area contributed by atoms with Crippen molar-refractivity contribution in [1.82, 2.24) is 14.1 Å². The van der Waals surface area contributed by atoms with Gasteiger partial charge in [-0.05, 0) is 59.7 Å². The quantitative estimate of drug-likeness (QED) is 0.253. The second-order valence-corrected chi connectivity index (χ2v) is 12.7. The first-order valence-corrected chi connectivity index (χ1v) is 15.8. The molecule has 0 unspecified atom stereocenters. The van der Waals surface area contributed by atoms with Crippen molar-refractivity contribution in [3.05, 3.63) is 89.9 Å². The molecule has 11 heteroatoms. The molecule has 6 rings (SSSR count). The first kappa shape index (κ1) is 29.2. The van der Waals surface area contributed by atoms with Gasteiger partial charge in [0.1, 0.15) is 11.5 Å². The molecule has 10 nitrogen and oxygen atoms in total. The third kappa shape index (κ3) is 6.86. The number of furan rings is 1. The van der Waals surface area contributed by atoms with Crippen LogP contribution in [-0.2, 0) is 32.6 Å². The molecule has 0 radical (unpaired) electrons. The highest BCUT2D eigenvalue weighted by Crippen LogP contribution is 2.33. The molecule has 3 heterocycles. The topological polar surface area (TPSA) is 102 Å². The van der Waals surface area contributed by atoms with Gasteiger partial charge in [0.25, 0.3) is 0 Å². The van der Waals surface area contributed by atoms with Crippen LogP contribution < -0.4 is 9.47 Å². The molecular formula is C32H35N3O7S. The van der Waals surface area contributed by atoms with Crippen LogP contribution in [0, 0.1) is 6.92 Å². The van der Waals surface area contributed by atoms with E-state index < -0.39 is 10.0 Å². The fourth-order valence-corrected chi connectivity index (χ4v) is 6.76. The van der Waals surface area contributed by atoms with Crippen LogP contribution in [0.25, 0.3) is 10.8 Å². The Labute approximate surface area is 251 Å². The normalized spacial score (nSPS) is 15.3. The van der Waals surface area contributed by atoms with E-state index in [-0.39, 0.29) is 43.8 Å². The molecule has 0 spiro atoms. The van der Waals surface area contributed by atoms with Crippen molar-refractivity contribution in [3.63, 3.8) is 0 Å². The number of hydrogen-bond acceptors (Lipinski definition) is 8. The largest absolute Gasteiger partial charge is 0.464 e. The number of aryl methyl sites for hydroxylation is 1. The Morgan fingerprint density at radius 2 is 1.67 bits per heavy atom. The number of sulfonamides is 1. The lowest BCUT2D eigenvalue weighted by Crippen LogP contribution is -2.47. The summed E-state index contributed by atoms with van der Waals surface area (Å²) in [6.07, 6.45) is 0. The second kappa shape index (κ2) is 12.8. The Bertz CT molecular complexity index is 1700. The summed E-state index contributed by atoms with van der Waals surface area (Å²) in [4.78, 5) is 18.0. The summed E-state index contributed by atoms with van der Waals surface area (Å²) >= 11 is 0. The summed E-state index contributed by atoms with van der Waals surface area (Å²) in [6.45, 7) is 5.39. The fraction of sp³-hybridized carbons (Fsp3) is 0.344. The van der Waals surface area contributed by atoms with Crippen LogP contribution in [0.5, 0.6) is 11.5 Å². The van der Waals surface area contributed by atoms with Gasteiger partial charge in [-0.25, -0.2) is 8.42 Å². The molecule has 1 aromatic heterocycles. The predicted octanol–water partition coefficient (Wildman–Crippen LogP) is 4.02. The van der Waals surface area contributed by atoms with Gasteiger partial charge in [-0.15, -0.1) is 0 Å². The van der Waals surface area contributed by atoms with Crippen LogP contribution in [0.1, 0.15) is 17.1 Å². The smallest absolute Gasteiger partial charge is 0.243 e. The highest BCUT2D eigenvalue weighted by molar-refractivity contribution is 7.89. The standard InChI is InChI=1S/C32H35N3O7S/c1-24-6-9-28(42-24)21-34(20-25-7-11-30-31(18-25)41-23-40-30)32(36)22-35(13-12-33-14-16-39-17-15-33)43(37,38)29-10-8-26-4-2-3-5-27(26)19-29/h2-11,18-19H,12-17,20-23H2,1H3. The van der Waals surface area contributed by atoms with Crippen molar-refractivity contribution in [2.75, 3.05) is 52.7 Å². The zero-order valence-corrected chi connectivity index (χ0v) is 24.9. The number of amides is 1. The van der Waals surface area contributed by atoms with Gasteiger partial charge < -0.3 is 23.5 Å². The molecule has 2 aliphatic rings. The van der Waals surface area contributed by atoms with E-state index in [1.807, 2.05) is 61.5 Å². The molecule has 43 heavy (non-hydrogen) atoms. The van der Waals surface area contributed by atoms with E-state index in [1.54, 1.807) is 23.1 Å². The highest BCUT2D eigenvalue weighted by atomic mass is 32.2. The van der Waals surface area contributed by atoms with E-state index in [9.17, 15) is 13.2 Å². The van der Waals surface area contributed by atoms with E-state index in [1.165, 1.54) is 4.31 Å². The Hall–Kier alpha value is -3.90. The van der Waals surface area contributed by atoms with E-state index in [2.05, 4.69) is 4.90 Å².